The first-order valence-electron chi connectivity index (χ1n) is 6.58. The van der Waals surface area contributed by atoms with Crippen molar-refractivity contribution in [3.63, 3.8) is 0 Å². The zero-order chi connectivity index (χ0) is 13.9. The van der Waals surface area contributed by atoms with Gasteiger partial charge in [-0.1, -0.05) is 6.92 Å². The summed E-state index contributed by atoms with van der Waals surface area (Å²) in [4.78, 5) is 3.61. The van der Waals surface area contributed by atoms with Crippen LogP contribution in [0, 0.1) is 0 Å². The molecule has 19 heavy (non-hydrogen) atoms. The van der Waals surface area contributed by atoms with Crippen molar-refractivity contribution in [3.8, 4) is 0 Å². The summed E-state index contributed by atoms with van der Waals surface area (Å²) in [5.41, 5.74) is 5.53. The Kier molecular flexibility index (Phi) is 4.97. The summed E-state index contributed by atoms with van der Waals surface area (Å²) in [7, 11) is -3.33. The lowest BCUT2D eigenvalue weighted by Gasteiger charge is -2.33. The van der Waals surface area contributed by atoms with Crippen LogP contribution in [0.2, 0.25) is 0 Å². The average Bonchev–Trinajstić information content (AvgIpc) is 2.89. The van der Waals surface area contributed by atoms with Crippen LogP contribution >= 0.6 is 11.3 Å². The second-order valence-electron chi connectivity index (χ2n) is 4.70. The van der Waals surface area contributed by atoms with Crippen molar-refractivity contribution in [2.45, 2.75) is 24.8 Å². The summed E-state index contributed by atoms with van der Waals surface area (Å²) in [6.45, 7) is 6.38. The van der Waals surface area contributed by atoms with Gasteiger partial charge in [0.1, 0.15) is 0 Å². The van der Waals surface area contributed by atoms with E-state index in [1.54, 1.807) is 15.8 Å². The Hall–Kier alpha value is -0.470. The Labute approximate surface area is 119 Å². The monoisotopic (exact) mass is 303 g/mol. The van der Waals surface area contributed by atoms with Gasteiger partial charge >= 0.3 is 0 Å². The molecule has 0 aromatic carbocycles. The summed E-state index contributed by atoms with van der Waals surface area (Å²) >= 11 is 1.41. The molecule has 0 saturated carbocycles. The summed E-state index contributed by atoms with van der Waals surface area (Å²) < 4.78 is 26.5. The molecule has 1 aromatic rings. The van der Waals surface area contributed by atoms with Crippen molar-refractivity contribution < 1.29 is 8.42 Å². The third-order valence-electron chi connectivity index (χ3n) is 3.34. The first-order valence-corrected chi connectivity index (χ1v) is 8.90. The van der Waals surface area contributed by atoms with Crippen LogP contribution in [0.4, 0.5) is 0 Å². The van der Waals surface area contributed by atoms with Gasteiger partial charge in [0.05, 0.1) is 4.90 Å². The second kappa shape index (κ2) is 6.32. The van der Waals surface area contributed by atoms with Crippen molar-refractivity contribution in [2.24, 2.45) is 5.73 Å². The Morgan fingerprint density at radius 3 is 2.53 bits per heavy atom. The number of nitrogens with two attached hydrogens (primary N) is 1. The van der Waals surface area contributed by atoms with Gasteiger partial charge in [-0.15, -0.1) is 11.3 Å². The predicted molar refractivity (Wildman–Crippen MR) is 77.7 cm³/mol. The molecule has 0 radical (unpaired) electrons. The largest absolute Gasteiger partial charge is 0.326 e. The molecule has 2 heterocycles. The topological polar surface area (TPSA) is 66.6 Å². The maximum Gasteiger partial charge on any atom is 0.243 e. The summed E-state index contributed by atoms with van der Waals surface area (Å²) in [5, 5.41) is 1.69. The van der Waals surface area contributed by atoms with E-state index in [0.717, 1.165) is 30.9 Å². The van der Waals surface area contributed by atoms with E-state index in [1.807, 2.05) is 0 Å². The third kappa shape index (κ3) is 3.35. The zero-order valence-electron chi connectivity index (χ0n) is 11.2. The highest BCUT2D eigenvalue weighted by atomic mass is 32.2. The maximum atomic E-state index is 12.5. The van der Waals surface area contributed by atoms with E-state index in [2.05, 4.69) is 11.8 Å². The van der Waals surface area contributed by atoms with Crippen LogP contribution in [0.1, 0.15) is 18.2 Å². The number of sulfonamides is 1. The Morgan fingerprint density at radius 1 is 1.32 bits per heavy atom. The fourth-order valence-electron chi connectivity index (χ4n) is 2.26. The second-order valence-corrected chi connectivity index (χ2v) is 7.63. The minimum Gasteiger partial charge on any atom is -0.326 e. The van der Waals surface area contributed by atoms with E-state index >= 15 is 0 Å². The molecule has 1 aromatic heterocycles. The molecule has 5 nitrogen and oxygen atoms in total. The average molecular weight is 303 g/mol. The number of rotatable bonds is 5. The number of nitrogens with zero attached hydrogens (tertiary/aromatic N) is 2. The molecule has 2 rings (SSSR count). The van der Waals surface area contributed by atoms with Crippen LogP contribution in [-0.4, -0.2) is 50.3 Å². The molecule has 0 atom stereocenters. The highest BCUT2D eigenvalue weighted by molar-refractivity contribution is 7.89. The van der Waals surface area contributed by atoms with E-state index in [-0.39, 0.29) is 0 Å². The fourth-order valence-corrected chi connectivity index (χ4v) is 4.83. The van der Waals surface area contributed by atoms with Crippen LogP contribution in [0.25, 0.3) is 0 Å². The molecule has 0 aliphatic carbocycles. The Morgan fingerprint density at radius 2 is 2.00 bits per heavy atom. The predicted octanol–water partition coefficient (Wildman–Crippen LogP) is 0.923. The summed E-state index contributed by atoms with van der Waals surface area (Å²) in [6.07, 6.45) is 1.11. The number of hydrogen-bond acceptors (Lipinski definition) is 5. The van der Waals surface area contributed by atoms with Crippen LogP contribution < -0.4 is 5.73 Å². The van der Waals surface area contributed by atoms with Gasteiger partial charge in [-0.25, -0.2) is 8.42 Å². The fraction of sp³-hybridized carbons (Fsp3) is 0.667. The van der Waals surface area contributed by atoms with Gasteiger partial charge in [0.15, 0.2) is 0 Å². The minimum atomic E-state index is -3.33. The molecule has 1 aliphatic heterocycles. The Bertz CT molecular complexity index is 505. The number of thiophene rings is 1. The van der Waals surface area contributed by atoms with E-state index in [0.29, 0.717) is 24.5 Å². The van der Waals surface area contributed by atoms with E-state index in [1.165, 1.54) is 11.3 Å². The van der Waals surface area contributed by atoms with Crippen LogP contribution in [0.5, 0.6) is 0 Å². The molecular weight excluding hydrogens is 282 g/mol. The quantitative estimate of drug-likeness (QED) is 0.878. The van der Waals surface area contributed by atoms with Crippen molar-refractivity contribution in [2.75, 3.05) is 32.7 Å². The lowest BCUT2D eigenvalue weighted by molar-refractivity contribution is 0.188. The van der Waals surface area contributed by atoms with Gasteiger partial charge < -0.3 is 10.6 Å². The molecule has 0 bridgehead atoms. The highest BCUT2D eigenvalue weighted by Gasteiger charge is 2.28. The van der Waals surface area contributed by atoms with Gasteiger partial charge in [0, 0.05) is 43.0 Å². The zero-order valence-corrected chi connectivity index (χ0v) is 12.8. The van der Waals surface area contributed by atoms with E-state index in [4.69, 9.17) is 5.73 Å². The van der Waals surface area contributed by atoms with Crippen LogP contribution in [0.15, 0.2) is 16.3 Å². The van der Waals surface area contributed by atoms with Crippen molar-refractivity contribution in [3.05, 3.63) is 16.3 Å². The molecule has 1 aliphatic rings. The lowest BCUT2D eigenvalue weighted by atomic mass is 10.3. The van der Waals surface area contributed by atoms with Gasteiger partial charge in [-0.05, 0) is 19.0 Å². The lowest BCUT2D eigenvalue weighted by Crippen LogP contribution is -2.48. The molecule has 1 saturated heterocycles. The Balaban J connectivity index is 2.05. The van der Waals surface area contributed by atoms with Gasteiger partial charge in [-0.3, -0.25) is 0 Å². The number of piperazine rings is 1. The smallest absolute Gasteiger partial charge is 0.243 e. The highest BCUT2D eigenvalue weighted by Crippen LogP contribution is 2.23. The summed E-state index contributed by atoms with van der Waals surface area (Å²) in [5.74, 6) is 0. The molecule has 0 amide bonds. The van der Waals surface area contributed by atoms with E-state index in [9.17, 15) is 8.42 Å². The molecule has 7 heteroatoms. The molecule has 2 N–H and O–H groups in total. The minimum absolute atomic E-state index is 0.391. The van der Waals surface area contributed by atoms with Gasteiger partial charge in [0.2, 0.25) is 10.0 Å². The SMILES string of the molecule is CCCN1CCN(S(=O)(=O)c2csc(CN)c2)CC1. The summed E-state index contributed by atoms with van der Waals surface area (Å²) in [6, 6.07) is 1.69. The normalized spacial score (nSPS) is 18.8. The first-order chi connectivity index (χ1) is 9.07. The number of hydrogen-bond donors (Lipinski definition) is 1. The maximum absolute atomic E-state index is 12.5. The van der Waals surface area contributed by atoms with Crippen molar-refractivity contribution in [1.82, 2.24) is 9.21 Å². The third-order valence-corrected chi connectivity index (χ3v) is 6.32. The molecular formula is C12H21N3O2S2. The van der Waals surface area contributed by atoms with Crippen LogP contribution in [-0.2, 0) is 16.6 Å². The molecule has 0 unspecified atom stereocenters. The van der Waals surface area contributed by atoms with Crippen molar-refractivity contribution >= 4 is 21.4 Å². The molecule has 1 fully saturated rings. The molecule has 0 spiro atoms. The van der Waals surface area contributed by atoms with Gasteiger partial charge in [0.25, 0.3) is 0 Å². The van der Waals surface area contributed by atoms with Crippen LogP contribution in [0.3, 0.4) is 0 Å². The standard InChI is InChI=1S/C12H21N3O2S2/c1-2-3-14-4-6-15(7-5-14)19(16,17)12-8-11(9-13)18-10-12/h8,10H,2-7,9,13H2,1H3. The molecule has 108 valence electrons. The van der Waals surface area contributed by atoms with E-state index < -0.39 is 10.0 Å². The van der Waals surface area contributed by atoms with Crippen molar-refractivity contribution in [1.29, 1.82) is 0 Å². The first kappa shape index (κ1) is 14.9. The van der Waals surface area contributed by atoms with Gasteiger partial charge in [-0.2, -0.15) is 4.31 Å².